The van der Waals surface area contributed by atoms with Gasteiger partial charge in [0.25, 0.3) is 0 Å². The van der Waals surface area contributed by atoms with E-state index in [0.717, 1.165) is 12.3 Å². The van der Waals surface area contributed by atoms with Crippen LogP contribution in [0.1, 0.15) is 5.56 Å². The van der Waals surface area contributed by atoms with Crippen molar-refractivity contribution in [2.24, 2.45) is 0 Å². The number of halogens is 5. The van der Waals surface area contributed by atoms with Gasteiger partial charge in [0.2, 0.25) is 0 Å². The Hall–Kier alpha value is -2.16. The summed E-state index contributed by atoms with van der Waals surface area (Å²) in [7, 11) is -0.832. The maximum absolute atomic E-state index is 13.9. The summed E-state index contributed by atoms with van der Waals surface area (Å²) in [4.78, 5) is -0.784. The van der Waals surface area contributed by atoms with E-state index in [1.165, 1.54) is 19.2 Å². The van der Waals surface area contributed by atoms with Gasteiger partial charge >= 0.3 is 0 Å². The lowest BCUT2D eigenvalue weighted by Gasteiger charge is -2.14. The highest BCUT2D eigenvalue weighted by Crippen LogP contribution is 2.28. The van der Waals surface area contributed by atoms with E-state index in [-0.39, 0.29) is 11.4 Å². The molecule has 9 heteroatoms. The molecule has 3 nitrogen and oxygen atoms in total. The Morgan fingerprint density at radius 3 is 2.21 bits per heavy atom. The Balaban J connectivity index is 2.39. The molecule has 0 saturated carbocycles. The van der Waals surface area contributed by atoms with Crippen LogP contribution < -0.4 is 10.1 Å². The highest BCUT2D eigenvalue weighted by molar-refractivity contribution is 7.84. The lowest BCUT2D eigenvalue weighted by molar-refractivity contribution is 0.386. The number of hydrogen-bond donors (Lipinski definition) is 1. The van der Waals surface area contributed by atoms with Crippen LogP contribution in [0.5, 0.6) is 5.75 Å². The average molecular weight is 365 g/mol. The number of ether oxygens (including phenoxy) is 1. The summed E-state index contributed by atoms with van der Waals surface area (Å²) in [6.07, 6.45) is 1.01. The van der Waals surface area contributed by atoms with Crippen molar-refractivity contribution in [3.05, 3.63) is 52.8 Å². The number of nitrogens with one attached hydrogen (secondary N) is 1. The van der Waals surface area contributed by atoms with Gasteiger partial charge < -0.3 is 10.1 Å². The molecule has 1 atom stereocenters. The van der Waals surface area contributed by atoms with Crippen molar-refractivity contribution >= 4 is 16.5 Å². The molecule has 0 saturated heterocycles. The molecule has 0 aliphatic heterocycles. The third-order valence-electron chi connectivity index (χ3n) is 3.23. The van der Waals surface area contributed by atoms with E-state index in [0.29, 0.717) is 0 Å². The predicted octanol–water partition coefficient (Wildman–Crippen LogP) is 3.74. The monoisotopic (exact) mass is 365 g/mol. The minimum Gasteiger partial charge on any atom is -0.494 e. The molecule has 0 unspecified atom stereocenters. The summed E-state index contributed by atoms with van der Waals surface area (Å²) in [6.45, 7) is -0.527. The maximum atomic E-state index is 13.9. The van der Waals surface area contributed by atoms with Crippen LogP contribution in [-0.4, -0.2) is 17.6 Å². The topological polar surface area (TPSA) is 38.3 Å². The highest BCUT2D eigenvalue weighted by atomic mass is 32.2. The number of anilines is 1. The van der Waals surface area contributed by atoms with Gasteiger partial charge in [-0.1, -0.05) is 0 Å². The zero-order valence-electron chi connectivity index (χ0n) is 12.6. The van der Waals surface area contributed by atoms with Gasteiger partial charge in [0, 0.05) is 30.1 Å². The van der Waals surface area contributed by atoms with Crippen LogP contribution in [0.25, 0.3) is 0 Å². The molecule has 24 heavy (non-hydrogen) atoms. The molecular weight excluding hydrogens is 353 g/mol. The Kier molecular flexibility index (Phi) is 5.43. The van der Waals surface area contributed by atoms with Crippen molar-refractivity contribution in [1.82, 2.24) is 0 Å². The van der Waals surface area contributed by atoms with Crippen molar-refractivity contribution in [2.45, 2.75) is 11.4 Å². The third-order valence-corrected chi connectivity index (χ3v) is 4.23. The minimum absolute atomic E-state index is 0.0269. The first-order chi connectivity index (χ1) is 11.3. The van der Waals surface area contributed by atoms with Gasteiger partial charge in [0.05, 0.1) is 22.8 Å². The van der Waals surface area contributed by atoms with Crippen molar-refractivity contribution in [1.29, 1.82) is 0 Å². The molecule has 130 valence electrons. The van der Waals surface area contributed by atoms with Gasteiger partial charge in [-0.25, -0.2) is 22.0 Å². The zero-order chi connectivity index (χ0) is 18.0. The quantitative estimate of drug-likeness (QED) is 0.498. The molecule has 0 radical (unpaired) electrons. The fourth-order valence-corrected chi connectivity index (χ4v) is 2.93. The second-order valence-corrected chi connectivity index (χ2v) is 6.04. The molecule has 2 rings (SSSR count). The molecule has 2 aromatic rings. The van der Waals surface area contributed by atoms with Crippen molar-refractivity contribution in [2.75, 3.05) is 18.7 Å². The lowest BCUT2D eigenvalue weighted by Crippen LogP contribution is -2.13. The number of rotatable bonds is 5. The fraction of sp³-hybridized carbons (Fsp3) is 0.200. The largest absolute Gasteiger partial charge is 0.494 e. The summed E-state index contributed by atoms with van der Waals surface area (Å²) in [5.41, 5.74) is -0.478. The van der Waals surface area contributed by atoms with Gasteiger partial charge in [-0.3, -0.25) is 4.21 Å². The Bertz CT molecular complexity index is 813. The van der Waals surface area contributed by atoms with E-state index in [1.54, 1.807) is 0 Å². The van der Waals surface area contributed by atoms with Gasteiger partial charge in [0.1, 0.15) is 0 Å². The third kappa shape index (κ3) is 3.35. The first kappa shape index (κ1) is 18.2. The molecule has 0 amide bonds. The van der Waals surface area contributed by atoms with E-state index in [1.807, 2.05) is 0 Å². The van der Waals surface area contributed by atoms with Crippen molar-refractivity contribution < 1.29 is 30.9 Å². The second-order valence-electron chi connectivity index (χ2n) is 4.72. The summed E-state index contributed by atoms with van der Waals surface area (Å²) < 4.78 is 84.2. The molecule has 0 aliphatic rings. The van der Waals surface area contributed by atoms with Gasteiger partial charge in [-0.2, -0.15) is 0 Å². The van der Waals surface area contributed by atoms with Crippen LogP contribution in [0.3, 0.4) is 0 Å². The molecule has 1 N–H and O–H groups in total. The van der Waals surface area contributed by atoms with E-state index in [9.17, 15) is 26.2 Å². The van der Waals surface area contributed by atoms with E-state index in [4.69, 9.17) is 4.74 Å². The van der Waals surface area contributed by atoms with Crippen molar-refractivity contribution in [3.63, 3.8) is 0 Å². The van der Waals surface area contributed by atoms with E-state index < -0.39 is 56.9 Å². The smallest absolute Gasteiger partial charge is 0.198 e. The summed E-state index contributed by atoms with van der Waals surface area (Å²) in [5.74, 6) is -8.14. The normalized spacial score (nSPS) is 12.1. The maximum Gasteiger partial charge on any atom is 0.198 e. The summed E-state index contributed by atoms with van der Waals surface area (Å²) >= 11 is 0. The zero-order valence-corrected chi connectivity index (χ0v) is 13.4. The van der Waals surface area contributed by atoms with Crippen LogP contribution >= 0.6 is 0 Å². The number of benzene rings is 2. The molecule has 0 fully saturated rings. The van der Waals surface area contributed by atoms with Crippen molar-refractivity contribution in [3.8, 4) is 5.75 Å². The summed E-state index contributed by atoms with van der Waals surface area (Å²) in [5, 5.41) is 2.54. The first-order valence-electron chi connectivity index (χ1n) is 6.53. The van der Waals surface area contributed by atoms with Gasteiger partial charge in [0.15, 0.2) is 34.8 Å². The predicted molar refractivity (Wildman–Crippen MR) is 78.9 cm³/mol. The van der Waals surface area contributed by atoms with Crippen LogP contribution in [0.2, 0.25) is 0 Å². The second kappa shape index (κ2) is 7.16. The van der Waals surface area contributed by atoms with E-state index in [2.05, 4.69) is 5.32 Å². The molecule has 0 spiro atoms. The average Bonchev–Trinajstić information content (AvgIpc) is 2.54. The highest BCUT2D eigenvalue weighted by Gasteiger charge is 2.27. The standard InChI is InChI=1S/C15H12F5NO2S/c1-23-10-4-3-7(5-9(10)16)21-6-8-11(17)12(18)13(19)14(20)15(8)24(2)22/h3-5,21H,6H2,1-2H3/t24-/m0/s1. The lowest BCUT2D eigenvalue weighted by atomic mass is 10.1. The minimum atomic E-state index is -2.10. The fourth-order valence-electron chi connectivity index (χ4n) is 2.08. The summed E-state index contributed by atoms with van der Waals surface area (Å²) in [6, 6.07) is 3.70. The molecule has 0 aromatic heterocycles. The SMILES string of the molecule is COc1ccc(NCc2c(F)c(F)c(F)c(F)c2[S@](C)=O)cc1F. The van der Waals surface area contributed by atoms with Gasteiger partial charge in [-0.15, -0.1) is 0 Å². The molecule has 0 heterocycles. The Labute approximate surface area is 136 Å². The van der Waals surface area contributed by atoms with Gasteiger partial charge in [-0.05, 0) is 12.1 Å². The molecule has 0 bridgehead atoms. The molecular formula is C15H12F5NO2S. The molecule has 2 aromatic carbocycles. The van der Waals surface area contributed by atoms with Crippen LogP contribution in [0.15, 0.2) is 23.1 Å². The van der Waals surface area contributed by atoms with Crippen LogP contribution in [0.4, 0.5) is 27.6 Å². The first-order valence-corrected chi connectivity index (χ1v) is 8.09. The van der Waals surface area contributed by atoms with Crippen LogP contribution in [-0.2, 0) is 17.3 Å². The Morgan fingerprint density at radius 1 is 1.04 bits per heavy atom. The Morgan fingerprint density at radius 2 is 1.67 bits per heavy atom. The van der Waals surface area contributed by atoms with E-state index >= 15 is 0 Å². The number of methoxy groups -OCH3 is 1. The molecule has 0 aliphatic carbocycles. The van der Waals surface area contributed by atoms with Crippen LogP contribution in [0, 0.1) is 29.1 Å². The number of hydrogen-bond acceptors (Lipinski definition) is 3.